The molecule has 0 aliphatic carbocycles. The molecule has 0 fully saturated rings. The fourth-order valence-electron chi connectivity index (χ4n) is 2.41. The summed E-state index contributed by atoms with van der Waals surface area (Å²) in [5.74, 6) is 2.24. The number of nitrogens with one attached hydrogen (secondary N) is 1. The van der Waals surface area contributed by atoms with E-state index in [4.69, 9.17) is 4.74 Å². The Morgan fingerprint density at radius 3 is 2.94 bits per heavy atom. The standard InChI is InChI=1S/C15H23NOS/c1-11(10-18-4)16-9-13-7-5-6-12-8-15(2,3)17-14(12)13/h5-7,11,16H,8-10H2,1-4H3. The van der Waals surface area contributed by atoms with Crippen molar-refractivity contribution >= 4 is 11.8 Å². The van der Waals surface area contributed by atoms with Crippen LogP contribution in [0.5, 0.6) is 5.75 Å². The first kappa shape index (κ1) is 13.8. The minimum atomic E-state index is -0.0523. The second-order valence-electron chi connectivity index (χ2n) is 5.68. The second kappa shape index (κ2) is 5.54. The average molecular weight is 265 g/mol. The van der Waals surface area contributed by atoms with Gasteiger partial charge in [-0.25, -0.2) is 0 Å². The molecule has 1 aliphatic heterocycles. The van der Waals surface area contributed by atoms with Crippen LogP contribution in [-0.4, -0.2) is 23.7 Å². The van der Waals surface area contributed by atoms with E-state index in [1.165, 1.54) is 11.1 Å². The van der Waals surface area contributed by atoms with Gasteiger partial charge in [0.15, 0.2) is 0 Å². The number of rotatable bonds is 5. The predicted octanol–water partition coefficient (Wildman–Crippen LogP) is 3.24. The molecular weight excluding hydrogens is 242 g/mol. The molecule has 1 aromatic rings. The first-order chi connectivity index (χ1) is 8.52. The van der Waals surface area contributed by atoms with Gasteiger partial charge in [0.1, 0.15) is 11.4 Å². The highest BCUT2D eigenvalue weighted by Crippen LogP contribution is 2.37. The largest absolute Gasteiger partial charge is 0.487 e. The van der Waals surface area contributed by atoms with Gasteiger partial charge in [-0.15, -0.1) is 0 Å². The van der Waals surface area contributed by atoms with Crippen molar-refractivity contribution in [2.45, 2.75) is 45.4 Å². The van der Waals surface area contributed by atoms with Gasteiger partial charge >= 0.3 is 0 Å². The third-order valence-corrected chi connectivity index (χ3v) is 4.06. The van der Waals surface area contributed by atoms with E-state index in [-0.39, 0.29) is 5.60 Å². The van der Waals surface area contributed by atoms with E-state index >= 15 is 0 Å². The number of hydrogen-bond acceptors (Lipinski definition) is 3. The normalized spacial score (nSPS) is 18.2. The van der Waals surface area contributed by atoms with Gasteiger partial charge in [-0.05, 0) is 32.6 Å². The summed E-state index contributed by atoms with van der Waals surface area (Å²) in [5.41, 5.74) is 2.58. The first-order valence-electron chi connectivity index (χ1n) is 6.54. The van der Waals surface area contributed by atoms with Crippen molar-refractivity contribution in [3.63, 3.8) is 0 Å². The van der Waals surface area contributed by atoms with E-state index in [9.17, 15) is 0 Å². The number of ether oxygens (including phenoxy) is 1. The van der Waals surface area contributed by atoms with Gasteiger partial charge in [0.2, 0.25) is 0 Å². The fourth-order valence-corrected chi connectivity index (χ4v) is 3.03. The molecule has 0 radical (unpaired) electrons. The highest BCUT2D eigenvalue weighted by molar-refractivity contribution is 7.98. The molecule has 100 valence electrons. The molecule has 0 aromatic heterocycles. The van der Waals surface area contributed by atoms with Crippen LogP contribution in [0.1, 0.15) is 31.9 Å². The van der Waals surface area contributed by atoms with Crippen molar-refractivity contribution in [1.82, 2.24) is 5.32 Å². The number of benzene rings is 1. The van der Waals surface area contributed by atoms with Crippen molar-refractivity contribution in [3.8, 4) is 5.75 Å². The van der Waals surface area contributed by atoms with Crippen LogP contribution in [0.25, 0.3) is 0 Å². The van der Waals surface area contributed by atoms with Crippen LogP contribution in [0.15, 0.2) is 18.2 Å². The monoisotopic (exact) mass is 265 g/mol. The van der Waals surface area contributed by atoms with Gasteiger partial charge < -0.3 is 10.1 Å². The molecule has 0 saturated carbocycles. The summed E-state index contributed by atoms with van der Waals surface area (Å²) in [5, 5.41) is 3.56. The zero-order chi connectivity index (χ0) is 13.2. The van der Waals surface area contributed by atoms with E-state index in [0.717, 1.165) is 24.5 Å². The summed E-state index contributed by atoms with van der Waals surface area (Å²) >= 11 is 1.88. The Balaban J connectivity index is 2.05. The zero-order valence-corrected chi connectivity index (χ0v) is 12.6. The topological polar surface area (TPSA) is 21.3 Å². The third-order valence-electron chi connectivity index (χ3n) is 3.23. The summed E-state index contributed by atoms with van der Waals surface area (Å²) in [6.07, 6.45) is 3.15. The van der Waals surface area contributed by atoms with Gasteiger partial charge in [0.05, 0.1) is 0 Å². The minimum absolute atomic E-state index is 0.0523. The summed E-state index contributed by atoms with van der Waals surface area (Å²) in [6, 6.07) is 7.02. The van der Waals surface area contributed by atoms with Crippen LogP contribution in [0.4, 0.5) is 0 Å². The molecule has 0 amide bonds. The Morgan fingerprint density at radius 2 is 2.22 bits per heavy atom. The molecule has 1 aromatic carbocycles. The molecule has 0 saturated heterocycles. The molecule has 0 bridgehead atoms. The SMILES string of the molecule is CSCC(C)NCc1cccc2c1OC(C)(C)C2. The number of hydrogen-bond donors (Lipinski definition) is 1. The van der Waals surface area contributed by atoms with Gasteiger partial charge in [-0.2, -0.15) is 11.8 Å². The molecule has 1 unspecified atom stereocenters. The van der Waals surface area contributed by atoms with E-state index in [1.807, 2.05) is 11.8 Å². The van der Waals surface area contributed by atoms with Crippen LogP contribution in [0.3, 0.4) is 0 Å². The molecule has 18 heavy (non-hydrogen) atoms. The second-order valence-corrected chi connectivity index (χ2v) is 6.59. The van der Waals surface area contributed by atoms with E-state index < -0.39 is 0 Å². The summed E-state index contributed by atoms with van der Waals surface area (Å²) in [7, 11) is 0. The average Bonchev–Trinajstić information content (AvgIpc) is 2.61. The van der Waals surface area contributed by atoms with Crippen LogP contribution in [0.2, 0.25) is 0 Å². The molecule has 0 spiro atoms. The molecule has 1 atom stereocenters. The molecule has 3 heteroatoms. The lowest BCUT2D eigenvalue weighted by Crippen LogP contribution is -2.28. The number of fused-ring (bicyclic) bond motifs is 1. The maximum absolute atomic E-state index is 6.07. The first-order valence-corrected chi connectivity index (χ1v) is 7.93. The van der Waals surface area contributed by atoms with E-state index in [1.54, 1.807) is 0 Å². The minimum Gasteiger partial charge on any atom is -0.487 e. The predicted molar refractivity (Wildman–Crippen MR) is 79.5 cm³/mol. The molecule has 1 N–H and O–H groups in total. The molecule has 1 aliphatic rings. The quantitative estimate of drug-likeness (QED) is 0.883. The fraction of sp³-hybridized carbons (Fsp3) is 0.600. The Hall–Kier alpha value is -0.670. The van der Waals surface area contributed by atoms with Crippen molar-refractivity contribution in [1.29, 1.82) is 0 Å². The Morgan fingerprint density at radius 1 is 1.44 bits per heavy atom. The van der Waals surface area contributed by atoms with Gasteiger partial charge in [-0.1, -0.05) is 18.2 Å². The molecule has 1 heterocycles. The maximum Gasteiger partial charge on any atom is 0.127 e. The highest BCUT2D eigenvalue weighted by atomic mass is 32.2. The van der Waals surface area contributed by atoms with Crippen LogP contribution in [0, 0.1) is 0 Å². The van der Waals surface area contributed by atoms with Gasteiger partial charge in [0.25, 0.3) is 0 Å². The van der Waals surface area contributed by atoms with Crippen LogP contribution >= 0.6 is 11.8 Å². The molecular formula is C15H23NOS. The Bertz CT molecular complexity index is 417. The van der Waals surface area contributed by atoms with Crippen molar-refractivity contribution in [3.05, 3.63) is 29.3 Å². The lowest BCUT2D eigenvalue weighted by molar-refractivity contribution is 0.137. The van der Waals surface area contributed by atoms with E-state index in [0.29, 0.717) is 6.04 Å². The van der Waals surface area contributed by atoms with Crippen molar-refractivity contribution in [2.24, 2.45) is 0 Å². The number of para-hydroxylation sites is 1. The lowest BCUT2D eigenvalue weighted by atomic mass is 10.0. The molecule has 2 rings (SSSR count). The smallest absolute Gasteiger partial charge is 0.127 e. The summed E-state index contributed by atoms with van der Waals surface area (Å²) in [4.78, 5) is 0. The Kier molecular flexibility index (Phi) is 4.23. The lowest BCUT2D eigenvalue weighted by Gasteiger charge is -2.19. The zero-order valence-electron chi connectivity index (χ0n) is 11.7. The Labute approximate surface area is 114 Å². The third kappa shape index (κ3) is 3.21. The van der Waals surface area contributed by atoms with Gasteiger partial charge in [-0.3, -0.25) is 0 Å². The van der Waals surface area contributed by atoms with E-state index in [2.05, 4.69) is 50.5 Å². The summed E-state index contributed by atoms with van der Waals surface area (Å²) < 4.78 is 6.07. The van der Waals surface area contributed by atoms with Crippen molar-refractivity contribution in [2.75, 3.05) is 12.0 Å². The number of thioether (sulfide) groups is 1. The van der Waals surface area contributed by atoms with Gasteiger partial charge in [0, 0.05) is 30.3 Å². The van der Waals surface area contributed by atoms with Crippen LogP contribution in [-0.2, 0) is 13.0 Å². The molecule has 2 nitrogen and oxygen atoms in total. The van der Waals surface area contributed by atoms with Crippen molar-refractivity contribution < 1.29 is 4.74 Å². The summed E-state index contributed by atoms with van der Waals surface area (Å²) in [6.45, 7) is 7.42. The highest BCUT2D eigenvalue weighted by Gasteiger charge is 2.31. The van der Waals surface area contributed by atoms with Crippen LogP contribution < -0.4 is 10.1 Å². The maximum atomic E-state index is 6.07.